The molecule has 0 spiro atoms. The number of thiazole rings is 1. The van der Waals surface area contributed by atoms with Gasteiger partial charge >= 0.3 is 0 Å². The van der Waals surface area contributed by atoms with Crippen molar-refractivity contribution in [1.29, 1.82) is 0 Å². The van der Waals surface area contributed by atoms with Crippen LogP contribution in [0.5, 0.6) is 0 Å². The number of likely N-dealkylation sites (tertiary alicyclic amines) is 1. The minimum Gasteiger partial charge on any atom is -0.470 e. The molecule has 6 heteroatoms. The summed E-state index contributed by atoms with van der Waals surface area (Å²) in [6, 6.07) is -0.445. The summed E-state index contributed by atoms with van der Waals surface area (Å²) in [5, 5.41) is 2.70. The van der Waals surface area contributed by atoms with Crippen molar-refractivity contribution in [1.82, 2.24) is 9.88 Å². The molecule has 0 aliphatic carbocycles. The molecule has 2 aliphatic heterocycles. The van der Waals surface area contributed by atoms with Crippen LogP contribution in [0.4, 0.5) is 0 Å². The first-order valence-corrected chi connectivity index (χ1v) is 6.59. The average Bonchev–Trinajstić information content (AvgIpc) is 3.09. The molecule has 0 bridgehead atoms. The fourth-order valence-corrected chi connectivity index (χ4v) is 2.91. The van der Waals surface area contributed by atoms with E-state index in [1.807, 2.05) is 10.3 Å². The maximum Gasteiger partial charge on any atom is 0.251 e. The van der Waals surface area contributed by atoms with Crippen LogP contribution in [-0.2, 0) is 9.53 Å². The van der Waals surface area contributed by atoms with E-state index >= 15 is 0 Å². The van der Waals surface area contributed by atoms with Crippen LogP contribution in [0.3, 0.4) is 0 Å². The Labute approximate surface area is 103 Å². The SMILES string of the molecule is O=C([C@H]1N=CO[C@@H]1c1nccs1)N1CCCC1. The molecule has 0 aromatic carbocycles. The highest BCUT2D eigenvalue weighted by Crippen LogP contribution is 2.30. The molecule has 5 nitrogen and oxygen atoms in total. The highest BCUT2D eigenvalue weighted by Gasteiger charge is 2.38. The van der Waals surface area contributed by atoms with Gasteiger partial charge in [0.1, 0.15) is 5.01 Å². The first-order chi connectivity index (χ1) is 8.36. The maximum absolute atomic E-state index is 12.3. The van der Waals surface area contributed by atoms with Crippen molar-refractivity contribution in [3.05, 3.63) is 16.6 Å². The van der Waals surface area contributed by atoms with Crippen LogP contribution in [-0.4, -0.2) is 41.3 Å². The van der Waals surface area contributed by atoms with Crippen molar-refractivity contribution in [2.75, 3.05) is 13.1 Å². The molecule has 2 aliphatic rings. The lowest BCUT2D eigenvalue weighted by Crippen LogP contribution is -2.38. The van der Waals surface area contributed by atoms with E-state index in [-0.39, 0.29) is 12.0 Å². The van der Waals surface area contributed by atoms with Gasteiger partial charge in [0.2, 0.25) is 0 Å². The third-order valence-corrected chi connectivity index (χ3v) is 3.92. The molecule has 0 radical (unpaired) electrons. The van der Waals surface area contributed by atoms with Gasteiger partial charge in [0.05, 0.1) is 0 Å². The van der Waals surface area contributed by atoms with Crippen LogP contribution in [0.15, 0.2) is 16.6 Å². The van der Waals surface area contributed by atoms with Gasteiger partial charge in [-0.3, -0.25) is 4.79 Å². The Kier molecular flexibility index (Phi) is 2.80. The van der Waals surface area contributed by atoms with E-state index < -0.39 is 6.04 Å². The fraction of sp³-hybridized carbons (Fsp3) is 0.545. The third-order valence-electron chi connectivity index (χ3n) is 3.08. The van der Waals surface area contributed by atoms with E-state index in [9.17, 15) is 4.79 Å². The number of rotatable bonds is 2. The second-order valence-electron chi connectivity index (χ2n) is 4.16. The molecule has 1 amide bonds. The van der Waals surface area contributed by atoms with Gasteiger partial charge in [-0.2, -0.15) is 0 Å². The van der Waals surface area contributed by atoms with Gasteiger partial charge < -0.3 is 9.64 Å². The molecular weight excluding hydrogens is 238 g/mol. The standard InChI is InChI=1S/C11H13N3O2S/c15-11(14-4-1-2-5-14)8-9(16-7-13-8)10-12-3-6-17-10/h3,6-9H,1-2,4-5H2/t8-,9-/m0/s1. The van der Waals surface area contributed by atoms with Gasteiger partial charge in [0.15, 0.2) is 18.5 Å². The number of aliphatic imine (C=N–C) groups is 1. The molecule has 3 heterocycles. The molecule has 90 valence electrons. The van der Waals surface area contributed by atoms with Crippen molar-refractivity contribution >= 4 is 23.6 Å². The van der Waals surface area contributed by atoms with Gasteiger partial charge in [-0.25, -0.2) is 9.98 Å². The summed E-state index contributed by atoms with van der Waals surface area (Å²) < 4.78 is 5.40. The van der Waals surface area contributed by atoms with Crippen molar-refractivity contribution in [3.63, 3.8) is 0 Å². The zero-order valence-corrected chi connectivity index (χ0v) is 10.1. The highest BCUT2D eigenvalue weighted by atomic mass is 32.1. The minimum atomic E-state index is -0.445. The Morgan fingerprint density at radius 3 is 3.00 bits per heavy atom. The Balaban J connectivity index is 1.77. The quantitative estimate of drug-likeness (QED) is 0.794. The van der Waals surface area contributed by atoms with Crippen LogP contribution in [0.2, 0.25) is 0 Å². The summed E-state index contributed by atoms with van der Waals surface area (Å²) in [4.78, 5) is 22.5. The molecule has 17 heavy (non-hydrogen) atoms. The molecule has 2 atom stereocenters. The van der Waals surface area contributed by atoms with Crippen molar-refractivity contribution < 1.29 is 9.53 Å². The van der Waals surface area contributed by atoms with E-state index in [0.29, 0.717) is 0 Å². The van der Waals surface area contributed by atoms with E-state index in [1.54, 1.807) is 6.20 Å². The van der Waals surface area contributed by atoms with E-state index in [2.05, 4.69) is 9.98 Å². The van der Waals surface area contributed by atoms with Crippen molar-refractivity contribution in [2.24, 2.45) is 4.99 Å². The zero-order valence-electron chi connectivity index (χ0n) is 9.28. The lowest BCUT2D eigenvalue weighted by atomic mass is 10.1. The molecule has 0 unspecified atom stereocenters. The zero-order chi connectivity index (χ0) is 11.7. The summed E-state index contributed by atoms with van der Waals surface area (Å²) in [7, 11) is 0. The van der Waals surface area contributed by atoms with Gasteiger partial charge in [-0.1, -0.05) is 0 Å². The number of hydrogen-bond acceptors (Lipinski definition) is 5. The van der Waals surface area contributed by atoms with Gasteiger partial charge in [0, 0.05) is 24.7 Å². The molecule has 1 aromatic rings. The van der Waals surface area contributed by atoms with Crippen LogP contribution < -0.4 is 0 Å². The predicted octanol–water partition coefficient (Wildman–Crippen LogP) is 1.23. The lowest BCUT2D eigenvalue weighted by Gasteiger charge is -2.21. The number of carbonyl (C=O) groups is 1. The van der Waals surface area contributed by atoms with Crippen LogP contribution in [0.25, 0.3) is 0 Å². The summed E-state index contributed by atoms with van der Waals surface area (Å²) in [6.07, 6.45) is 4.95. The summed E-state index contributed by atoms with van der Waals surface area (Å²) in [6.45, 7) is 1.69. The largest absolute Gasteiger partial charge is 0.470 e. The first-order valence-electron chi connectivity index (χ1n) is 5.71. The molecular formula is C11H13N3O2S. The number of aromatic nitrogens is 1. The van der Waals surface area contributed by atoms with Gasteiger partial charge in [-0.15, -0.1) is 11.3 Å². The molecule has 1 fully saturated rings. The average molecular weight is 251 g/mol. The number of carbonyl (C=O) groups excluding carboxylic acids is 1. The Hall–Kier alpha value is -1.43. The summed E-state index contributed by atoms with van der Waals surface area (Å²) >= 11 is 1.50. The Morgan fingerprint density at radius 2 is 2.29 bits per heavy atom. The molecule has 3 rings (SSSR count). The maximum atomic E-state index is 12.3. The fourth-order valence-electron chi connectivity index (χ4n) is 2.20. The molecule has 1 aromatic heterocycles. The number of hydrogen-bond donors (Lipinski definition) is 0. The minimum absolute atomic E-state index is 0.0662. The van der Waals surface area contributed by atoms with Gasteiger partial charge in [0.25, 0.3) is 5.91 Å². The van der Waals surface area contributed by atoms with E-state index in [1.165, 1.54) is 17.7 Å². The van der Waals surface area contributed by atoms with Crippen LogP contribution in [0, 0.1) is 0 Å². The molecule has 1 saturated heterocycles. The normalized spacial score (nSPS) is 27.4. The summed E-state index contributed by atoms with van der Waals surface area (Å²) in [5.41, 5.74) is 0. The Bertz CT molecular complexity index is 426. The number of amides is 1. The second-order valence-corrected chi connectivity index (χ2v) is 5.08. The smallest absolute Gasteiger partial charge is 0.251 e. The van der Waals surface area contributed by atoms with Crippen LogP contribution in [0.1, 0.15) is 24.0 Å². The van der Waals surface area contributed by atoms with Crippen LogP contribution >= 0.6 is 11.3 Å². The van der Waals surface area contributed by atoms with E-state index in [0.717, 1.165) is 30.9 Å². The van der Waals surface area contributed by atoms with Crippen molar-refractivity contribution in [2.45, 2.75) is 25.0 Å². The van der Waals surface area contributed by atoms with E-state index in [4.69, 9.17) is 4.74 Å². The second kappa shape index (κ2) is 4.44. The monoisotopic (exact) mass is 251 g/mol. The summed E-state index contributed by atoms with van der Waals surface area (Å²) in [5.74, 6) is 0.0662. The third kappa shape index (κ3) is 1.93. The molecule has 0 N–H and O–H groups in total. The number of nitrogens with zero attached hydrogens (tertiary/aromatic N) is 3. The van der Waals surface area contributed by atoms with Gasteiger partial charge in [-0.05, 0) is 12.8 Å². The first kappa shape index (κ1) is 10.7. The van der Waals surface area contributed by atoms with Crippen molar-refractivity contribution in [3.8, 4) is 0 Å². The Morgan fingerprint density at radius 1 is 1.47 bits per heavy atom. The topological polar surface area (TPSA) is 54.8 Å². The highest BCUT2D eigenvalue weighted by molar-refractivity contribution is 7.09. The lowest BCUT2D eigenvalue weighted by molar-refractivity contribution is -0.133. The number of ether oxygens (including phenoxy) is 1. The molecule has 0 saturated carbocycles. The predicted molar refractivity (Wildman–Crippen MR) is 64.0 cm³/mol.